The van der Waals surface area contributed by atoms with Gasteiger partial charge in [-0.1, -0.05) is 37.4 Å². The Morgan fingerprint density at radius 3 is 2.50 bits per heavy atom. The minimum absolute atomic E-state index is 0.0393. The molecule has 2 rings (SSSR count). The second kappa shape index (κ2) is 3.54. The molecule has 0 nitrogen and oxygen atoms in total. The van der Waals surface area contributed by atoms with Gasteiger partial charge in [0.1, 0.15) is 5.82 Å². The smallest absolute Gasteiger partial charge is 0.128 e. The van der Waals surface area contributed by atoms with E-state index in [1.807, 2.05) is 0 Å². The van der Waals surface area contributed by atoms with E-state index in [4.69, 9.17) is 11.6 Å². The molecule has 0 unspecified atom stereocenters. The van der Waals surface area contributed by atoms with E-state index in [0.717, 1.165) is 18.4 Å². The molecule has 0 aliphatic heterocycles. The monoisotopic (exact) mass is 212 g/mol. The number of halogens is 2. The van der Waals surface area contributed by atoms with Crippen LogP contribution in [0.15, 0.2) is 18.2 Å². The first-order valence-electron chi connectivity index (χ1n) is 5.08. The molecule has 1 aromatic rings. The van der Waals surface area contributed by atoms with E-state index in [9.17, 15) is 4.39 Å². The van der Waals surface area contributed by atoms with Gasteiger partial charge in [0, 0.05) is 10.6 Å². The largest absolute Gasteiger partial charge is 0.207 e. The summed E-state index contributed by atoms with van der Waals surface area (Å²) in [5, 5.41) is 0.578. The average Bonchev–Trinajstić information content (AvgIpc) is 2.52. The van der Waals surface area contributed by atoms with Crippen LogP contribution in [0, 0.1) is 5.82 Å². The van der Waals surface area contributed by atoms with Gasteiger partial charge in [0.25, 0.3) is 0 Å². The van der Waals surface area contributed by atoms with Gasteiger partial charge in [-0.05, 0) is 30.4 Å². The van der Waals surface area contributed by atoms with Crippen LogP contribution in [0.4, 0.5) is 4.39 Å². The van der Waals surface area contributed by atoms with Crippen LogP contribution in [0.25, 0.3) is 0 Å². The molecule has 2 heteroatoms. The zero-order chi connectivity index (χ0) is 10.2. The van der Waals surface area contributed by atoms with E-state index >= 15 is 0 Å². The Morgan fingerprint density at radius 1 is 1.29 bits per heavy atom. The van der Waals surface area contributed by atoms with Crippen molar-refractivity contribution >= 4 is 11.6 Å². The fourth-order valence-corrected chi connectivity index (χ4v) is 2.87. The van der Waals surface area contributed by atoms with Crippen molar-refractivity contribution in [3.8, 4) is 0 Å². The molecule has 0 N–H and O–H groups in total. The lowest BCUT2D eigenvalue weighted by atomic mass is 9.81. The molecule has 1 aliphatic carbocycles. The summed E-state index contributed by atoms with van der Waals surface area (Å²) in [6, 6.07) is 4.95. The van der Waals surface area contributed by atoms with E-state index in [1.165, 1.54) is 18.9 Å². The zero-order valence-corrected chi connectivity index (χ0v) is 9.07. The van der Waals surface area contributed by atoms with Crippen molar-refractivity contribution in [3.05, 3.63) is 34.6 Å². The molecular formula is C12H14ClF. The topological polar surface area (TPSA) is 0 Å². The van der Waals surface area contributed by atoms with Crippen molar-refractivity contribution in [2.75, 3.05) is 0 Å². The Hall–Kier alpha value is -0.560. The summed E-state index contributed by atoms with van der Waals surface area (Å²) in [6.07, 6.45) is 4.46. The molecule has 0 radical (unpaired) electrons. The lowest BCUT2D eigenvalue weighted by molar-refractivity contribution is 0.457. The fourth-order valence-electron chi connectivity index (χ4n) is 2.48. The second-order valence-electron chi connectivity index (χ2n) is 4.36. The summed E-state index contributed by atoms with van der Waals surface area (Å²) < 4.78 is 13.7. The third-order valence-electron chi connectivity index (χ3n) is 3.27. The lowest BCUT2D eigenvalue weighted by Crippen LogP contribution is -2.19. The van der Waals surface area contributed by atoms with Crippen molar-refractivity contribution in [2.45, 2.75) is 38.0 Å². The van der Waals surface area contributed by atoms with Gasteiger partial charge in [-0.25, -0.2) is 4.39 Å². The Morgan fingerprint density at radius 2 is 1.93 bits per heavy atom. The van der Waals surface area contributed by atoms with E-state index in [1.54, 1.807) is 12.1 Å². The van der Waals surface area contributed by atoms with Crippen LogP contribution in [0.3, 0.4) is 0 Å². The van der Waals surface area contributed by atoms with Gasteiger partial charge in [-0.15, -0.1) is 0 Å². The summed E-state index contributed by atoms with van der Waals surface area (Å²) in [6.45, 7) is 2.12. The maximum atomic E-state index is 13.7. The minimum atomic E-state index is -0.151. The van der Waals surface area contributed by atoms with Crippen LogP contribution < -0.4 is 0 Å². The van der Waals surface area contributed by atoms with Crippen LogP contribution in [0.5, 0.6) is 0 Å². The molecule has 1 aromatic carbocycles. The summed E-state index contributed by atoms with van der Waals surface area (Å²) in [4.78, 5) is 0. The van der Waals surface area contributed by atoms with Gasteiger partial charge in [0.15, 0.2) is 0 Å². The Labute approximate surface area is 89.1 Å². The maximum Gasteiger partial charge on any atom is 0.128 e. The Kier molecular flexibility index (Phi) is 2.52. The minimum Gasteiger partial charge on any atom is -0.207 e. The number of rotatable bonds is 1. The Bertz CT molecular complexity index is 320. The van der Waals surface area contributed by atoms with Crippen molar-refractivity contribution in [3.63, 3.8) is 0 Å². The van der Waals surface area contributed by atoms with E-state index < -0.39 is 0 Å². The third kappa shape index (κ3) is 1.54. The zero-order valence-electron chi connectivity index (χ0n) is 8.32. The van der Waals surface area contributed by atoms with E-state index in [2.05, 4.69) is 6.92 Å². The van der Waals surface area contributed by atoms with Crippen molar-refractivity contribution in [1.82, 2.24) is 0 Å². The first-order valence-corrected chi connectivity index (χ1v) is 5.46. The molecular weight excluding hydrogens is 199 g/mol. The van der Waals surface area contributed by atoms with Gasteiger partial charge in [0.05, 0.1) is 0 Å². The first kappa shape index (κ1) is 9.97. The van der Waals surface area contributed by atoms with Crippen molar-refractivity contribution in [1.29, 1.82) is 0 Å². The van der Waals surface area contributed by atoms with Crippen LogP contribution in [-0.2, 0) is 5.41 Å². The SMILES string of the molecule is CC1(c2c(F)cccc2Cl)CCCC1. The quantitative estimate of drug-likeness (QED) is 0.651. The summed E-state index contributed by atoms with van der Waals surface area (Å²) >= 11 is 6.06. The molecule has 1 saturated carbocycles. The van der Waals surface area contributed by atoms with Gasteiger partial charge in [-0.3, -0.25) is 0 Å². The molecule has 0 heterocycles. The highest BCUT2D eigenvalue weighted by atomic mass is 35.5. The molecule has 0 bridgehead atoms. The van der Waals surface area contributed by atoms with E-state index in [-0.39, 0.29) is 11.2 Å². The second-order valence-corrected chi connectivity index (χ2v) is 4.77. The average molecular weight is 213 g/mol. The van der Waals surface area contributed by atoms with Gasteiger partial charge >= 0.3 is 0 Å². The number of hydrogen-bond donors (Lipinski definition) is 0. The maximum absolute atomic E-state index is 13.7. The van der Waals surface area contributed by atoms with E-state index in [0.29, 0.717) is 5.02 Å². The molecule has 0 spiro atoms. The normalized spacial score (nSPS) is 19.9. The fraction of sp³-hybridized carbons (Fsp3) is 0.500. The molecule has 0 aromatic heterocycles. The standard InChI is InChI=1S/C12H14ClF/c1-12(7-2-3-8-12)11-9(13)5-4-6-10(11)14/h4-6H,2-3,7-8H2,1H3. The summed E-state index contributed by atoms with van der Waals surface area (Å²) in [5.74, 6) is -0.151. The van der Waals surface area contributed by atoms with Crippen molar-refractivity contribution < 1.29 is 4.39 Å². The Balaban J connectivity index is 2.49. The highest BCUT2D eigenvalue weighted by Crippen LogP contribution is 2.44. The molecule has 0 amide bonds. The molecule has 1 aliphatic rings. The summed E-state index contributed by atoms with van der Waals surface area (Å²) in [5.41, 5.74) is 0.682. The summed E-state index contributed by atoms with van der Waals surface area (Å²) in [7, 11) is 0. The number of benzene rings is 1. The predicted octanol–water partition coefficient (Wildman–Crippen LogP) is 4.31. The van der Waals surface area contributed by atoms with Gasteiger partial charge < -0.3 is 0 Å². The lowest BCUT2D eigenvalue weighted by Gasteiger charge is -2.25. The van der Waals surface area contributed by atoms with Crippen LogP contribution in [-0.4, -0.2) is 0 Å². The molecule has 76 valence electrons. The highest BCUT2D eigenvalue weighted by Gasteiger charge is 2.34. The molecule has 14 heavy (non-hydrogen) atoms. The predicted molar refractivity (Wildman–Crippen MR) is 57.2 cm³/mol. The van der Waals surface area contributed by atoms with Gasteiger partial charge in [-0.2, -0.15) is 0 Å². The molecule has 1 fully saturated rings. The number of hydrogen-bond acceptors (Lipinski definition) is 0. The first-order chi connectivity index (χ1) is 6.63. The molecule has 0 saturated heterocycles. The van der Waals surface area contributed by atoms with Crippen LogP contribution in [0.1, 0.15) is 38.2 Å². The van der Waals surface area contributed by atoms with Crippen LogP contribution in [0.2, 0.25) is 5.02 Å². The van der Waals surface area contributed by atoms with Crippen molar-refractivity contribution in [2.24, 2.45) is 0 Å². The molecule has 0 atom stereocenters. The van der Waals surface area contributed by atoms with Gasteiger partial charge in [0.2, 0.25) is 0 Å². The van der Waals surface area contributed by atoms with Crippen LogP contribution >= 0.6 is 11.6 Å². The third-order valence-corrected chi connectivity index (χ3v) is 3.59. The highest BCUT2D eigenvalue weighted by molar-refractivity contribution is 6.31.